The highest BCUT2D eigenvalue weighted by molar-refractivity contribution is 7.86. The summed E-state index contributed by atoms with van der Waals surface area (Å²) >= 11 is 0. The molecule has 6 nitrogen and oxygen atoms in total. The van der Waals surface area contributed by atoms with Crippen molar-refractivity contribution in [2.45, 2.75) is 23.2 Å². The minimum Gasteiger partial charge on any atom is -0.398 e. The number of benzene rings is 1. The van der Waals surface area contributed by atoms with E-state index in [0.717, 1.165) is 18.2 Å². The summed E-state index contributed by atoms with van der Waals surface area (Å²) in [7, 11) is -4.69. The van der Waals surface area contributed by atoms with Gasteiger partial charge in [-0.2, -0.15) is 26.0 Å². The van der Waals surface area contributed by atoms with Gasteiger partial charge in [0, 0.05) is 12.1 Å². The third-order valence-corrected chi connectivity index (χ3v) is 4.17. The third kappa shape index (κ3) is 2.61. The second-order valence-corrected chi connectivity index (χ2v) is 6.19. The van der Waals surface area contributed by atoms with Crippen LogP contribution in [-0.2, 0) is 14.9 Å². The van der Waals surface area contributed by atoms with E-state index in [9.17, 15) is 30.8 Å². The number of nitrogens with one attached hydrogen (secondary N) is 1. The molecule has 1 aliphatic rings. The molecular formula is C11H10F4N2O4S. The van der Waals surface area contributed by atoms with Gasteiger partial charge in [0.25, 0.3) is 10.1 Å². The molecule has 2 rings (SSSR count). The normalized spacial score (nSPS) is 22.7. The standard InChI is InChI=1S/C11H10F4N2O4S/c12-10(13)4-6(11(10,14)15)9(18)17-5-1-2-7(16)8(3-5)22(19,20)21/h1-3,6H,4,16H2,(H,17,18)(H,19,20,21). The van der Waals surface area contributed by atoms with Crippen LogP contribution in [0.25, 0.3) is 0 Å². The average Bonchev–Trinajstić information content (AvgIpc) is 2.36. The monoisotopic (exact) mass is 342 g/mol. The predicted molar refractivity (Wildman–Crippen MR) is 67.3 cm³/mol. The molecule has 1 fully saturated rings. The van der Waals surface area contributed by atoms with Crippen LogP contribution >= 0.6 is 0 Å². The molecule has 1 atom stereocenters. The zero-order valence-electron chi connectivity index (χ0n) is 10.7. The van der Waals surface area contributed by atoms with E-state index < -0.39 is 45.1 Å². The minimum atomic E-state index is -4.69. The number of anilines is 2. The van der Waals surface area contributed by atoms with Gasteiger partial charge in [-0.05, 0) is 18.2 Å². The number of hydrogen-bond donors (Lipinski definition) is 3. The maximum atomic E-state index is 13.1. The van der Waals surface area contributed by atoms with Gasteiger partial charge in [0.15, 0.2) is 0 Å². The molecule has 1 aliphatic carbocycles. The van der Waals surface area contributed by atoms with Crippen LogP contribution in [0, 0.1) is 5.92 Å². The zero-order valence-corrected chi connectivity index (χ0v) is 11.5. The number of rotatable bonds is 3. The fourth-order valence-corrected chi connectivity index (χ4v) is 2.61. The highest BCUT2D eigenvalue weighted by atomic mass is 32.2. The van der Waals surface area contributed by atoms with Crippen molar-refractivity contribution in [2.24, 2.45) is 5.92 Å². The molecule has 1 unspecified atom stereocenters. The van der Waals surface area contributed by atoms with Crippen LogP contribution in [0.15, 0.2) is 23.1 Å². The van der Waals surface area contributed by atoms with E-state index in [2.05, 4.69) is 0 Å². The molecule has 122 valence electrons. The van der Waals surface area contributed by atoms with E-state index in [1.807, 2.05) is 5.32 Å². The molecule has 0 aliphatic heterocycles. The molecule has 4 N–H and O–H groups in total. The van der Waals surface area contributed by atoms with Crippen molar-refractivity contribution < 1.29 is 35.3 Å². The van der Waals surface area contributed by atoms with Crippen LogP contribution in [0.1, 0.15) is 6.42 Å². The first-order valence-corrected chi connectivity index (χ1v) is 7.24. The van der Waals surface area contributed by atoms with Crippen LogP contribution in [-0.4, -0.2) is 30.7 Å². The van der Waals surface area contributed by atoms with Crippen molar-refractivity contribution in [3.8, 4) is 0 Å². The van der Waals surface area contributed by atoms with Gasteiger partial charge in [0.1, 0.15) is 10.8 Å². The molecule has 0 bridgehead atoms. The molecule has 0 saturated heterocycles. The number of carbonyl (C=O) groups excluding carboxylic acids is 1. The van der Waals surface area contributed by atoms with Crippen molar-refractivity contribution >= 4 is 27.4 Å². The Bertz CT molecular complexity index is 736. The van der Waals surface area contributed by atoms with E-state index >= 15 is 0 Å². The summed E-state index contributed by atoms with van der Waals surface area (Å²) in [6.07, 6.45) is -1.31. The average molecular weight is 342 g/mol. The molecule has 0 spiro atoms. The lowest BCUT2D eigenvalue weighted by atomic mass is 9.76. The van der Waals surface area contributed by atoms with Gasteiger partial charge in [0.2, 0.25) is 5.91 Å². The second-order valence-electron chi connectivity index (χ2n) is 4.80. The Hall–Kier alpha value is -1.88. The van der Waals surface area contributed by atoms with Gasteiger partial charge in [0.05, 0.1) is 5.69 Å². The summed E-state index contributed by atoms with van der Waals surface area (Å²) in [6, 6.07) is 2.82. The molecule has 0 heterocycles. The van der Waals surface area contributed by atoms with Crippen LogP contribution in [0.3, 0.4) is 0 Å². The summed E-state index contributed by atoms with van der Waals surface area (Å²) in [5.41, 5.74) is 4.70. The topological polar surface area (TPSA) is 109 Å². The Morgan fingerprint density at radius 1 is 1.32 bits per heavy atom. The summed E-state index contributed by atoms with van der Waals surface area (Å²) in [5, 5.41) is 1.89. The lowest BCUT2D eigenvalue weighted by molar-refractivity contribution is -0.303. The predicted octanol–water partition coefficient (Wildman–Crippen LogP) is 1.74. The van der Waals surface area contributed by atoms with Gasteiger partial charge in [-0.1, -0.05) is 0 Å². The summed E-state index contributed by atoms with van der Waals surface area (Å²) < 4.78 is 82.5. The number of nitrogens with two attached hydrogens (primary N) is 1. The fraction of sp³-hybridized carbons (Fsp3) is 0.364. The Morgan fingerprint density at radius 3 is 2.36 bits per heavy atom. The third-order valence-electron chi connectivity index (χ3n) is 3.26. The summed E-state index contributed by atoms with van der Waals surface area (Å²) in [5.74, 6) is -12.3. The van der Waals surface area contributed by atoms with Crippen LogP contribution < -0.4 is 11.1 Å². The quantitative estimate of drug-likeness (QED) is 0.440. The Labute approximate surface area is 122 Å². The molecule has 1 amide bonds. The Balaban J connectivity index is 2.21. The van der Waals surface area contributed by atoms with Crippen LogP contribution in [0.5, 0.6) is 0 Å². The number of hydrogen-bond acceptors (Lipinski definition) is 4. The Morgan fingerprint density at radius 2 is 1.91 bits per heavy atom. The van der Waals surface area contributed by atoms with Crippen molar-refractivity contribution in [1.29, 1.82) is 0 Å². The van der Waals surface area contributed by atoms with Crippen LogP contribution in [0.2, 0.25) is 0 Å². The van der Waals surface area contributed by atoms with E-state index in [1.54, 1.807) is 0 Å². The van der Waals surface area contributed by atoms with Gasteiger partial charge < -0.3 is 11.1 Å². The lowest BCUT2D eigenvalue weighted by Gasteiger charge is -2.42. The maximum absolute atomic E-state index is 13.1. The van der Waals surface area contributed by atoms with Gasteiger partial charge in [-0.3, -0.25) is 9.35 Å². The van der Waals surface area contributed by atoms with E-state index in [0.29, 0.717) is 0 Å². The summed E-state index contributed by atoms with van der Waals surface area (Å²) in [6.45, 7) is 0. The highest BCUT2D eigenvalue weighted by Crippen LogP contribution is 2.55. The molecule has 0 aromatic heterocycles. The van der Waals surface area contributed by atoms with Crippen molar-refractivity contribution in [1.82, 2.24) is 0 Å². The molecule has 1 aromatic carbocycles. The van der Waals surface area contributed by atoms with Crippen molar-refractivity contribution in [2.75, 3.05) is 11.1 Å². The molecule has 1 saturated carbocycles. The van der Waals surface area contributed by atoms with Gasteiger partial charge >= 0.3 is 11.8 Å². The first-order chi connectivity index (χ1) is 9.86. The van der Waals surface area contributed by atoms with Crippen molar-refractivity contribution in [3.63, 3.8) is 0 Å². The zero-order chi connectivity index (χ0) is 16.9. The maximum Gasteiger partial charge on any atom is 0.321 e. The van der Waals surface area contributed by atoms with E-state index in [4.69, 9.17) is 10.3 Å². The SMILES string of the molecule is Nc1ccc(NC(=O)C2CC(F)(F)C2(F)F)cc1S(=O)(=O)O. The van der Waals surface area contributed by atoms with E-state index in [1.165, 1.54) is 0 Å². The smallest absolute Gasteiger partial charge is 0.321 e. The van der Waals surface area contributed by atoms with Gasteiger partial charge in [-0.15, -0.1) is 0 Å². The van der Waals surface area contributed by atoms with Gasteiger partial charge in [-0.25, -0.2) is 0 Å². The molecule has 22 heavy (non-hydrogen) atoms. The number of carbonyl (C=O) groups is 1. The summed E-state index contributed by atoms with van der Waals surface area (Å²) in [4.78, 5) is 10.8. The first kappa shape index (κ1) is 16.5. The number of alkyl halides is 4. The van der Waals surface area contributed by atoms with Crippen molar-refractivity contribution in [3.05, 3.63) is 18.2 Å². The number of nitrogen functional groups attached to an aromatic ring is 1. The number of halogens is 4. The highest BCUT2D eigenvalue weighted by Gasteiger charge is 2.74. The minimum absolute atomic E-state index is 0.280. The molecular weight excluding hydrogens is 332 g/mol. The largest absolute Gasteiger partial charge is 0.398 e. The van der Waals surface area contributed by atoms with E-state index in [-0.39, 0.29) is 11.4 Å². The first-order valence-electron chi connectivity index (χ1n) is 5.80. The Kier molecular flexibility index (Phi) is 3.61. The molecule has 11 heteroatoms. The molecule has 1 aromatic rings. The lowest BCUT2D eigenvalue weighted by Crippen LogP contribution is -2.62. The number of amides is 1. The fourth-order valence-electron chi connectivity index (χ4n) is 1.97. The second kappa shape index (κ2) is 4.81. The van der Waals surface area contributed by atoms with Crippen LogP contribution in [0.4, 0.5) is 28.9 Å². The molecule has 0 radical (unpaired) electrons.